The highest BCUT2D eigenvalue weighted by Gasteiger charge is 2.26. The van der Waals surface area contributed by atoms with Crippen molar-refractivity contribution < 1.29 is 9.18 Å². The standard InChI is InChI=1S/C23H29FN4O/c1-26-10-12-28(13-11-26)22(16-25-23(29)19-4-3-5-20(24)15-19)17-6-7-21-18(14-17)8-9-27(21)2/h3-7,14-15,22H,8-13,16H2,1-2H3,(H,25,29)/t22-/m0/s1. The van der Waals surface area contributed by atoms with E-state index in [1.807, 2.05) is 0 Å². The Balaban J connectivity index is 1.53. The van der Waals surface area contributed by atoms with Crippen LogP contribution >= 0.6 is 0 Å². The summed E-state index contributed by atoms with van der Waals surface area (Å²) in [4.78, 5) is 19.7. The van der Waals surface area contributed by atoms with E-state index >= 15 is 0 Å². The number of hydrogen-bond donors (Lipinski definition) is 1. The molecule has 0 saturated carbocycles. The third kappa shape index (κ3) is 4.43. The number of rotatable bonds is 5. The van der Waals surface area contributed by atoms with Gasteiger partial charge in [0.2, 0.25) is 0 Å². The van der Waals surface area contributed by atoms with Crippen molar-refractivity contribution in [2.75, 3.05) is 58.3 Å². The van der Waals surface area contributed by atoms with Gasteiger partial charge in [-0.2, -0.15) is 0 Å². The van der Waals surface area contributed by atoms with E-state index in [4.69, 9.17) is 0 Å². The summed E-state index contributed by atoms with van der Waals surface area (Å²) in [6.45, 7) is 5.52. The average molecular weight is 397 g/mol. The van der Waals surface area contributed by atoms with Crippen molar-refractivity contribution in [2.45, 2.75) is 12.5 Å². The molecule has 1 N–H and O–H groups in total. The molecule has 0 spiro atoms. The molecule has 0 bridgehead atoms. The van der Waals surface area contributed by atoms with Gasteiger partial charge in [-0.3, -0.25) is 9.69 Å². The first-order valence-electron chi connectivity index (χ1n) is 10.3. The molecule has 6 heteroatoms. The van der Waals surface area contributed by atoms with Crippen LogP contribution in [0.25, 0.3) is 0 Å². The van der Waals surface area contributed by atoms with Crippen LogP contribution in [0.1, 0.15) is 27.5 Å². The summed E-state index contributed by atoms with van der Waals surface area (Å²) in [5.41, 5.74) is 4.27. The van der Waals surface area contributed by atoms with Gasteiger partial charge in [0, 0.05) is 57.6 Å². The minimum Gasteiger partial charge on any atom is -0.374 e. The van der Waals surface area contributed by atoms with Gasteiger partial charge in [-0.1, -0.05) is 18.2 Å². The van der Waals surface area contributed by atoms with E-state index in [2.05, 4.69) is 52.3 Å². The van der Waals surface area contributed by atoms with Crippen molar-refractivity contribution in [3.8, 4) is 0 Å². The van der Waals surface area contributed by atoms with Crippen molar-refractivity contribution >= 4 is 11.6 Å². The molecule has 0 unspecified atom stereocenters. The number of anilines is 1. The lowest BCUT2D eigenvalue weighted by molar-refractivity contribution is 0.0886. The third-order valence-corrected chi connectivity index (χ3v) is 6.14. The molecular weight excluding hydrogens is 367 g/mol. The molecule has 29 heavy (non-hydrogen) atoms. The summed E-state index contributed by atoms with van der Waals surface area (Å²) in [5.74, 6) is -0.625. The van der Waals surface area contributed by atoms with Crippen LogP contribution in [0.5, 0.6) is 0 Å². The Kier molecular flexibility index (Phi) is 5.83. The van der Waals surface area contributed by atoms with Gasteiger partial charge in [-0.25, -0.2) is 4.39 Å². The third-order valence-electron chi connectivity index (χ3n) is 6.14. The lowest BCUT2D eigenvalue weighted by atomic mass is 10.00. The van der Waals surface area contributed by atoms with Crippen molar-refractivity contribution in [2.24, 2.45) is 0 Å². The molecule has 5 nitrogen and oxygen atoms in total. The maximum absolute atomic E-state index is 13.5. The Labute approximate surface area is 172 Å². The van der Waals surface area contributed by atoms with Gasteiger partial charge in [-0.05, 0) is 48.9 Å². The number of carbonyl (C=O) groups excluding carboxylic acids is 1. The van der Waals surface area contributed by atoms with Crippen LogP contribution in [-0.2, 0) is 6.42 Å². The molecule has 2 aromatic carbocycles. The Hall–Kier alpha value is -2.44. The van der Waals surface area contributed by atoms with E-state index in [1.54, 1.807) is 12.1 Å². The summed E-state index contributed by atoms with van der Waals surface area (Å²) in [7, 11) is 4.27. The maximum atomic E-state index is 13.5. The molecule has 1 atom stereocenters. The van der Waals surface area contributed by atoms with Crippen LogP contribution in [0.15, 0.2) is 42.5 Å². The first kappa shape index (κ1) is 19.9. The summed E-state index contributed by atoms with van der Waals surface area (Å²) in [6.07, 6.45) is 1.06. The van der Waals surface area contributed by atoms with Crippen molar-refractivity contribution in [3.63, 3.8) is 0 Å². The second-order valence-corrected chi connectivity index (χ2v) is 8.14. The van der Waals surface area contributed by atoms with Gasteiger partial charge in [0.05, 0.1) is 6.04 Å². The normalized spacial score (nSPS) is 18.5. The number of amides is 1. The highest BCUT2D eigenvalue weighted by atomic mass is 19.1. The van der Waals surface area contributed by atoms with Crippen LogP contribution in [0.3, 0.4) is 0 Å². The fourth-order valence-corrected chi connectivity index (χ4v) is 4.31. The molecule has 4 rings (SSSR count). The van der Waals surface area contributed by atoms with E-state index in [-0.39, 0.29) is 11.9 Å². The van der Waals surface area contributed by atoms with Crippen LogP contribution in [-0.4, -0.2) is 69.1 Å². The van der Waals surface area contributed by atoms with Gasteiger partial charge < -0.3 is 15.1 Å². The summed E-state index contributed by atoms with van der Waals surface area (Å²) in [6, 6.07) is 12.7. The lowest BCUT2D eigenvalue weighted by Crippen LogP contribution is -2.48. The van der Waals surface area contributed by atoms with Crippen LogP contribution < -0.4 is 10.2 Å². The zero-order valence-corrected chi connectivity index (χ0v) is 17.2. The molecule has 1 amide bonds. The Bertz CT molecular complexity index is 879. The van der Waals surface area contributed by atoms with Gasteiger partial charge >= 0.3 is 0 Å². The molecule has 2 aliphatic heterocycles. The quantitative estimate of drug-likeness (QED) is 0.843. The monoisotopic (exact) mass is 396 g/mol. The molecule has 1 saturated heterocycles. The molecule has 1 fully saturated rings. The predicted octanol–water partition coefficient (Wildman–Crippen LogP) is 2.54. The predicted molar refractivity (Wildman–Crippen MR) is 114 cm³/mol. The number of nitrogens with one attached hydrogen (secondary N) is 1. The topological polar surface area (TPSA) is 38.8 Å². The number of hydrogen-bond acceptors (Lipinski definition) is 4. The first-order chi connectivity index (χ1) is 14.0. The Morgan fingerprint density at radius 2 is 1.86 bits per heavy atom. The Morgan fingerprint density at radius 3 is 2.62 bits per heavy atom. The van der Waals surface area contributed by atoms with Gasteiger partial charge in [0.25, 0.3) is 5.91 Å². The molecule has 2 aliphatic rings. The van der Waals surface area contributed by atoms with Gasteiger partial charge in [-0.15, -0.1) is 0 Å². The zero-order chi connectivity index (χ0) is 20.4. The number of benzene rings is 2. The van der Waals surface area contributed by atoms with E-state index < -0.39 is 5.82 Å². The number of carbonyl (C=O) groups is 1. The minimum atomic E-state index is -0.393. The fraction of sp³-hybridized carbons (Fsp3) is 0.435. The molecular formula is C23H29FN4O. The Morgan fingerprint density at radius 1 is 1.07 bits per heavy atom. The van der Waals surface area contributed by atoms with E-state index in [0.717, 1.165) is 39.1 Å². The number of halogens is 1. The van der Waals surface area contributed by atoms with Gasteiger partial charge in [0.15, 0.2) is 0 Å². The molecule has 2 heterocycles. The molecule has 0 aromatic heterocycles. The largest absolute Gasteiger partial charge is 0.374 e. The average Bonchev–Trinajstić information content (AvgIpc) is 3.09. The second-order valence-electron chi connectivity index (χ2n) is 8.14. The molecule has 2 aromatic rings. The summed E-state index contributed by atoms with van der Waals surface area (Å²) in [5, 5.41) is 3.04. The number of fused-ring (bicyclic) bond motifs is 1. The number of nitrogens with zero attached hydrogens (tertiary/aromatic N) is 3. The second kappa shape index (κ2) is 8.51. The fourth-order valence-electron chi connectivity index (χ4n) is 4.31. The van der Waals surface area contributed by atoms with Crippen LogP contribution in [0.2, 0.25) is 0 Å². The van der Waals surface area contributed by atoms with Gasteiger partial charge in [0.1, 0.15) is 5.82 Å². The van der Waals surface area contributed by atoms with Crippen molar-refractivity contribution in [1.29, 1.82) is 0 Å². The van der Waals surface area contributed by atoms with E-state index in [1.165, 1.54) is 28.9 Å². The summed E-state index contributed by atoms with van der Waals surface area (Å²) < 4.78 is 13.5. The lowest BCUT2D eigenvalue weighted by Gasteiger charge is -2.38. The zero-order valence-electron chi connectivity index (χ0n) is 17.2. The minimum absolute atomic E-state index is 0.109. The van der Waals surface area contributed by atoms with E-state index in [0.29, 0.717) is 12.1 Å². The summed E-state index contributed by atoms with van der Waals surface area (Å²) >= 11 is 0. The smallest absolute Gasteiger partial charge is 0.251 e. The number of likely N-dealkylation sites (N-methyl/N-ethyl adjacent to an activating group) is 2. The van der Waals surface area contributed by atoms with Crippen LogP contribution in [0, 0.1) is 5.82 Å². The van der Waals surface area contributed by atoms with E-state index in [9.17, 15) is 9.18 Å². The molecule has 0 aliphatic carbocycles. The first-order valence-corrected chi connectivity index (χ1v) is 10.3. The molecule has 0 radical (unpaired) electrons. The number of piperazine rings is 1. The highest BCUT2D eigenvalue weighted by Crippen LogP contribution is 2.31. The van der Waals surface area contributed by atoms with Crippen molar-refractivity contribution in [3.05, 3.63) is 65.0 Å². The van der Waals surface area contributed by atoms with Crippen molar-refractivity contribution in [1.82, 2.24) is 15.1 Å². The van der Waals surface area contributed by atoms with Crippen LogP contribution in [0.4, 0.5) is 10.1 Å². The highest BCUT2D eigenvalue weighted by molar-refractivity contribution is 5.94. The molecule has 154 valence electrons. The maximum Gasteiger partial charge on any atom is 0.251 e. The SMILES string of the molecule is CN1CCN([C@@H](CNC(=O)c2cccc(F)c2)c2ccc3c(c2)CCN3C)CC1.